The number of fused-ring (bicyclic) bond motifs is 1. The van der Waals surface area contributed by atoms with Crippen LogP contribution in [0.3, 0.4) is 0 Å². The minimum absolute atomic E-state index is 0.192. The van der Waals surface area contributed by atoms with Crippen LogP contribution in [0.2, 0.25) is 0 Å². The molecule has 0 spiro atoms. The number of aryl methyl sites for hydroxylation is 1. The van der Waals surface area contributed by atoms with E-state index >= 15 is 0 Å². The fourth-order valence-electron chi connectivity index (χ4n) is 3.55. The van der Waals surface area contributed by atoms with E-state index in [1.54, 1.807) is 45.7 Å². The molecule has 0 aliphatic carbocycles. The summed E-state index contributed by atoms with van der Waals surface area (Å²) in [6.07, 6.45) is 1.78. The molecule has 0 bridgehead atoms. The molecule has 0 fully saturated rings. The summed E-state index contributed by atoms with van der Waals surface area (Å²) in [5.74, 6) is 0.915. The van der Waals surface area contributed by atoms with E-state index in [0.29, 0.717) is 29.0 Å². The summed E-state index contributed by atoms with van der Waals surface area (Å²) < 4.78 is 17.6. The third-order valence-electron chi connectivity index (χ3n) is 5.00. The van der Waals surface area contributed by atoms with Crippen LogP contribution in [0, 0.1) is 0 Å². The molecule has 0 aliphatic rings. The van der Waals surface area contributed by atoms with Crippen molar-refractivity contribution in [1.29, 1.82) is 0 Å². The van der Waals surface area contributed by atoms with Crippen LogP contribution in [0.15, 0.2) is 41.3 Å². The van der Waals surface area contributed by atoms with Crippen molar-refractivity contribution < 1.29 is 19.0 Å². The number of ether oxygens (including phenoxy) is 3. The van der Waals surface area contributed by atoms with Crippen molar-refractivity contribution in [3.63, 3.8) is 0 Å². The van der Waals surface area contributed by atoms with Gasteiger partial charge in [-0.2, -0.15) is 0 Å². The van der Waals surface area contributed by atoms with E-state index in [2.05, 4.69) is 0 Å². The number of carbonyl (C=O) groups excluding carboxylic acids is 1. The van der Waals surface area contributed by atoms with Crippen molar-refractivity contribution in [2.75, 3.05) is 35.4 Å². The van der Waals surface area contributed by atoms with Crippen molar-refractivity contribution in [2.24, 2.45) is 7.05 Å². The number of pyridine rings is 1. The molecule has 7 heteroatoms. The normalized spacial score (nSPS) is 11.0. The first-order chi connectivity index (χ1) is 14.3. The van der Waals surface area contributed by atoms with Gasteiger partial charge >= 0.3 is 5.97 Å². The van der Waals surface area contributed by atoms with Gasteiger partial charge in [0.1, 0.15) is 11.5 Å². The molecule has 30 heavy (non-hydrogen) atoms. The van der Waals surface area contributed by atoms with Crippen molar-refractivity contribution in [2.45, 2.75) is 6.54 Å². The van der Waals surface area contributed by atoms with E-state index in [1.807, 2.05) is 31.1 Å². The largest absolute Gasteiger partial charge is 0.496 e. The van der Waals surface area contributed by atoms with Gasteiger partial charge in [-0.05, 0) is 49.3 Å². The van der Waals surface area contributed by atoms with Gasteiger partial charge in [0.15, 0.2) is 0 Å². The number of esters is 1. The van der Waals surface area contributed by atoms with Gasteiger partial charge in [0.2, 0.25) is 0 Å². The Kier molecular flexibility index (Phi) is 6.12. The second kappa shape index (κ2) is 8.59. The molecular weight excluding hydrogens is 384 g/mol. The predicted molar refractivity (Wildman–Crippen MR) is 116 cm³/mol. The third kappa shape index (κ3) is 3.89. The first kappa shape index (κ1) is 21.4. The standard InChI is InChI=1S/C23H26N2O5/c1-24(2)12-19-20(28-4)10-15(11-21(19)29-5)18-13-25(3)22(26)17-9-14(23(27)30-6)7-8-16(17)18/h7-11,13H,12H2,1-6H3. The first-order valence-electron chi connectivity index (χ1n) is 9.42. The van der Waals surface area contributed by atoms with Gasteiger partial charge in [-0.25, -0.2) is 4.79 Å². The summed E-state index contributed by atoms with van der Waals surface area (Å²) in [6.45, 7) is 0.656. The maximum Gasteiger partial charge on any atom is 0.337 e. The summed E-state index contributed by atoms with van der Waals surface area (Å²) in [5, 5.41) is 1.17. The Morgan fingerprint density at radius 1 is 1.00 bits per heavy atom. The highest BCUT2D eigenvalue weighted by atomic mass is 16.5. The molecule has 158 valence electrons. The van der Waals surface area contributed by atoms with E-state index in [1.165, 1.54) is 11.7 Å². The number of hydrogen-bond acceptors (Lipinski definition) is 6. The van der Waals surface area contributed by atoms with Gasteiger partial charge in [0.25, 0.3) is 5.56 Å². The van der Waals surface area contributed by atoms with Crippen LogP contribution in [0.5, 0.6) is 11.5 Å². The highest BCUT2D eigenvalue weighted by Crippen LogP contribution is 2.37. The van der Waals surface area contributed by atoms with Crippen LogP contribution >= 0.6 is 0 Å². The predicted octanol–water partition coefficient (Wildman–Crippen LogP) is 3.07. The van der Waals surface area contributed by atoms with E-state index in [4.69, 9.17) is 14.2 Å². The zero-order chi connectivity index (χ0) is 22.0. The highest BCUT2D eigenvalue weighted by molar-refractivity contribution is 6.00. The van der Waals surface area contributed by atoms with Gasteiger partial charge in [0, 0.05) is 30.7 Å². The smallest absolute Gasteiger partial charge is 0.337 e. The molecule has 7 nitrogen and oxygen atoms in total. The second-order valence-corrected chi connectivity index (χ2v) is 7.31. The topological polar surface area (TPSA) is 70.0 Å². The van der Waals surface area contributed by atoms with Gasteiger partial charge in [-0.15, -0.1) is 0 Å². The van der Waals surface area contributed by atoms with E-state index in [-0.39, 0.29) is 5.56 Å². The number of aromatic nitrogens is 1. The van der Waals surface area contributed by atoms with Crippen molar-refractivity contribution >= 4 is 16.7 Å². The molecule has 2 aromatic carbocycles. The average molecular weight is 410 g/mol. The first-order valence-corrected chi connectivity index (χ1v) is 9.42. The van der Waals surface area contributed by atoms with Crippen LogP contribution in [0.4, 0.5) is 0 Å². The Morgan fingerprint density at radius 2 is 1.63 bits per heavy atom. The van der Waals surface area contributed by atoms with E-state index in [9.17, 15) is 9.59 Å². The Bertz CT molecular complexity index is 1140. The summed E-state index contributed by atoms with van der Waals surface area (Å²) in [4.78, 5) is 26.7. The summed E-state index contributed by atoms with van der Waals surface area (Å²) >= 11 is 0. The molecule has 0 radical (unpaired) electrons. The minimum Gasteiger partial charge on any atom is -0.496 e. The van der Waals surface area contributed by atoms with Crippen LogP contribution in [-0.4, -0.2) is 50.9 Å². The summed E-state index contributed by atoms with van der Waals surface area (Å²) in [6, 6.07) is 8.88. The lowest BCUT2D eigenvalue weighted by Gasteiger charge is -2.19. The van der Waals surface area contributed by atoms with Crippen molar-refractivity contribution in [3.05, 3.63) is 58.0 Å². The molecule has 0 aliphatic heterocycles. The van der Waals surface area contributed by atoms with Crippen LogP contribution in [0.1, 0.15) is 15.9 Å². The number of methoxy groups -OCH3 is 3. The summed E-state index contributed by atoms with van der Waals surface area (Å²) in [5.41, 5.74) is 2.75. The quantitative estimate of drug-likeness (QED) is 0.582. The molecule has 0 atom stereocenters. The van der Waals surface area contributed by atoms with Crippen LogP contribution in [-0.2, 0) is 18.3 Å². The number of carbonyl (C=O) groups is 1. The van der Waals surface area contributed by atoms with Gasteiger partial charge in [0.05, 0.1) is 32.5 Å². The molecule has 0 amide bonds. The van der Waals surface area contributed by atoms with Gasteiger partial charge in [-0.3, -0.25) is 4.79 Å². The zero-order valence-corrected chi connectivity index (χ0v) is 18.1. The zero-order valence-electron chi connectivity index (χ0n) is 18.1. The monoisotopic (exact) mass is 410 g/mol. The van der Waals surface area contributed by atoms with Gasteiger partial charge in [-0.1, -0.05) is 6.07 Å². The second-order valence-electron chi connectivity index (χ2n) is 7.31. The fraction of sp³-hybridized carbons (Fsp3) is 0.304. The van der Waals surface area contributed by atoms with E-state index < -0.39 is 5.97 Å². The summed E-state index contributed by atoms with van der Waals surface area (Å²) in [7, 11) is 10.2. The SMILES string of the molecule is COC(=O)c1ccc2c(-c3cc(OC)c(CN(C)C)c(OC)c3)cn(C)c(=O)c2c1. The van der Waals surface area contributed by atoms with Crippen molar-refractivity contribution in [3.8, 4) is 22.6 Å². The average Bonchev–Trinajstić information content (AvgIpc) is 2.75. The van der Waals surface area contributed by atoms with Gasteiger partial charge < -0.3 is 23.7 Å². The Labute approximate surface area is 175 Å². The molecule has 0 saturated heterocycles. The Balaban J connectivity index is 2.30. The fourth-order valence-corrected chi connectivity index (χ4v) is 3.55. The lowest BCUT2D eigenvalue weighted by Crippen LogP contribution is -2.17. The van der Waals surface area contributed by atoms with Crippen LogP contribution < -0.4 is 15.0 Å². The van der Waals surface area contributed by atoms with Crippen LogP contribution in [0.25, 0.3) is 21.9 Å². The molecule has 1 aromatic heterocycles. The maximum absolute atomic E-state index is 12.8. The Morgan fingerprint density at radius 3 is 2.17 bits per heavy atom. The lowest BCUT2D eigenvalue weighted by atomic mass is 9.97. The molecule has 0 unspecified atom stereocenters. The molecule has 0 saturated carbocycles. The Hall–Kier alpha value is -3.32. The lowest BCUT2D eigenvalue weighted by molar-refractivity contribution is 0.0601. The number of rotatable bonds is 6. The minimum atomic E-state index is -0.485. The number of hydrogen-bond donors (Lipinski definition) is 0. The number of benzene rings is 2. The highest BCUT2D eigenvalue weighted by Gasteiger charge is 2.18. The molecule has 3 rings (SSSR count). The molecular formula is C23H26N2O5. The number of nitrogens with zero attached hydrogens (tertiary/aromatic N) is 2. The molecule has 0 N–H and O–H groups in total. The molecule has 1 heterocycles. The van der Waals surface area contributed by atoms with Crippen molar-refractivity contribution in [1.82, 2.24) is 9.47 Å². The third-order valence-corrected chi connectivity index (χ3v) is 5.00. The maximum atomic E-state index is 12.8. The molecule has 3 aromatic rings. The van der Waals surface area contributed by atoms with E-state index in [0.717, 1.165) is 22.1 Å².